The van der Waals surface area contributed by atoms with E-state index in [-0.39, 0.29) is 17.4 Å². The van der Waals surface area contributed by atoms with Crippen LogP contribution in [0.2, 0.25) is 0 Å². The highest BCUT2D eigenvalue weighted by molar-refractivity contribution is 9.10. The normalized spacial score (nSPS) is 23.0. The molecule has 0 fully saturated rings. The van der Waals surface area contributed by atoms with Crippen molar-refractivity contribution in [2.75, 3.05) is 7.11 Å². The van der Waals surface area contributed by atoms with E-state index in [1.54, 1.807) is 0 Å². The summed E-state index contributed by atoms with van der Waals surface area (Å²) >= 11 is 3.51. The summed E-state index contributed by atoms with van der Waals surface area (Å²) in [7, 11) is 1.45. The lowest BCUT2D eigenvalue weighted by molar-refractivity contribution is -0.144. The molecule has 110 valence electrons. The number of halogens is 1. The van der Waals surface area contributed by atoms with Crippen LogP contribution in [0.1, 0.15) is 37.3 Å². The number of ether oxygens (including phenoxy) is 1. The smallest absolute Gasteiger partial charge is 0.306 e. The highest BCUT2D eigenvalue weighted by Gasteiger charge is 2.41. The van der Waals surface area contributed by atoms with Crippen LogP contribution in [0.15, 0.2) is 22.7 Å². The van der Waals surface area contributed by atoms with Gasteiger partial charge in [0.25, 0.3) is 0 Å². The lowest BCUT2D eigenvalue weighted by Gasteiger charge is -2.42. The molecule has 3 nitrogen and oxygen atoms in total. The summed E-state index contributed by atoms with van der Waals surface area (Å²) in [6.45, 7) is 2.08. The highest BCUT2D eigenvalue weighted by Crippen LogP contribution is 2.42. The van der Waals surface area contributed by atoms with Gasteiger partial charge in [-0.3, -0.25) is 4.79 Å². The van der Waals surface area contributed by atoms with Gasteiger partial charge >= 0.3 is 5.97 Å². The zero-order valence-electron chi connectivity index (χ0n) is 12.1. The van der Waals surface area contributed by atoms with Crippen molar-refractivity contribution in [3.63, 3.8) is 0 Å². The van der Waals surface area contributed by atoms with Crippen molar-refractivity contribution in [1.29, 1.82) is 0 Å². The Hall–Kier alpha value is -0.870. The molecule has 2 atom stereocenters. The molecule has 0 amide bonds. The summed E-state index contributed by atoms with van der Waals surface area (Å²) in [5, 5.41) is 0. The van der Waals surface area contributed by atoms with Crippen LogP contribution >= 0.6 is 15.9 Å². The Kier molecular flexibility index (Phi) is 4.86. The molecule has 4 heteroatoms. The van der Waals surface area contributed by atoms with Gasteiger partial charge in [0.15, 0.2) is 0 Å². The molecule has 2 rings (SSSR count). The van der Waals surface area contributed by atoms with E-state index in [1.807, 2.05) is 0 Å². The minimum atomic E-state index is -0.164. The number of fused-ring (bicyclic) bond motifs is 1. The predicted octanol–water partition coefficient (Wildman–Crippen LogP) is 3.22. The van der Waals surface area contributed by atoms with Gasteiger partial charge in [-0.25, -0.2) is 0 Å². The van der Waals surface area contributed by atoms with Crippen LogP contribution in [0, 0.1) is 5.41 Å². The fourth-order valence-corrected chi connectivity index (χ4v) is 3.65. The monoisotopic (exact) mass is 339 g/mol. The first-order valence-corrected chi connectivity index (χ1v) is 7.90. The first-order valence-electron chi connectivity index (χ1n) is 7.10. The molecule has 1 aliphatic rings. The number of hydrogen-bond donors (Lipinski definition) is 1. The van der Waals surface area contributed by atoms with Crippen molar-refractivity contribution in [2.24, 2.45) is 11.1 Å². The van der Waals surface area contributed by atoms with Crippen LogP contribution in [0.25, 0.3) is 0 Å². The molecule has 0 saturated heterocycles. The molecule has 0 bridgehead atoms. The standard InChI is InChI=1S/C16H22BrNO2/c1-3-14(18)16(10-15(19)20-2)7-6-11-8-13(17)5-4-12(11)9-16/h4-5,8,14H,3,6-7,9-10,18H2,1-2H3. The molecule has 0 saturated carbocycles. The molecule has 1 aliphatic carbocycles. The Labute approximate surface area is 129 Å². The molecule has 2 N–H and O–H groups in total. The van der Waals surface area contributed by atoms with Gasteiger partial charge in [-0.05, 0) is 48.9 Å². The van der Waals surface area contributed by atoms with Crippen LogP contribution in [-0.2, 0) is 22.4 Å². The molecule has 20 heavy (non-hydrogen) atoms. The Morgan fingerprint density at radius 1 is 1.50 bits per heavy atom. The van der Waals surface area contributed by atoms with E-state index in [0.717, 1.165) is 30.2 Å². The topological polar surface area (TPSA) is 52.3 Å². The minimum Gasteiger partial charge on any atom is -0.469 e. The molecule has 0 radical (unpaired) electrons. The van der Waals surface area contributed by atoms with Crippen molar-refractivity contribution >= 4 is 21.9 Å². The largest absolute Gasteiger partial charge is 0.469 e. The van der Waals surface area contributed by atoms with E-state index in [9.17, 15) is 4.79 Å². The van der Waals surface area contributed by atoms with Gasteiger partial charge in [0, 0.05) is 15.9 Å². The van der Waals surface area contributed by atoms with E-state index in [2.05, 4.69) is 41.1 Å². The van der Waals surface area contributed by atoms with E-state index >= 15 is 0 Å². The van der Waals surface area contributed by atoms with Gasteiger partial charge in [0.2, 0.25) is 0 Å². The van der Waals surface area contributed by atoms with Gasteiger partial charge in [-0.15, -0.1) is 0 Å². The third-order valence-electron chi connectivity index (χ3n) is 4.55. The van der Waals surface area contributed by atoms with Gasteiger partial charge in [-0.1, -0.05) is 28.9 Å². The number of methoxy groups -OCH3 is 1. The number of esters is 1. The molecule has 0 heterocycles. The molecule has 0 aromatic heterocycles. The van der Waals surface area contributed by atoms with Crippen LogP contribution in [0.5, 0.6) is 0 Å². The van der Waals surface area contributed by atoms with Gasteiger partial charge in [-0.2, -0.15) is 0 Å². The number of aryl methyl sites for hydroxylation is 1. The van der Waals surface area contributed by atoms with E-state index in [0.29, 0.717) is 6.42 Å². The maximum Gasteiger partial charge on any atom is 0.306 e. The summed E-state index contributed by atoms with van der Waals surface area (Å²) in [5.41, 5.74) is 8.87. The Bertz CT molecular complexity index is 503. The fourth-order valence-electron chi connectivity index (χ4n) is 3.24. The van der Waals surface area contributed by atoms with Crippen molar-refractivity contribution in [2.45, 2.75) is 45.1 Å². The second-order valence-electron chi connectivity index (χ2n) is 5.72. The fraction of sp³-hybridized carbons (Fsp3) is 0.562. The molecule has 0 spiro atoms. The van der Waals surface area contributed by atoms with Crippen LogP contribution in [0.3, 0.4) is 0 Å². The second-order valence-corrected chi connectivity index (χ2v) is 6.64. The molecule has 2 unspecified atom stereocenters. The number of nitrogens with two attached hydrogens (primary N) is 1. The van der Waals surface area contributed by atoms with E-state index in [4.69, 9.17) is 10.5 Å². The molecular formula is C16H22BrNO2. The summed E-state index contributed by atoms with van der Waals surface area (Å²) in [6, 6.07) is 6.41. The summed E-state index contributed by atoms with van der Waals surface area (Å²) in [5.74, 6) is -0.158. The molecule has 1 aromatic carbocycles. The Balaban J connectivity index is 2.31. The first kappa shape index (κ1) is 15.5. The average Bonchev–Trinajstić information content (AvgIpc) is 2.46. The number of carbonyl (C=O) groups excluding carboxylic acids is 1. The summed E-state index contributed by atoms with van der Waals surface area (Å²) in [4.78, 5) is 11.8. The lowest BCUT2D eigenvalue weighted by Crippen LogP contribution is -2.46. The predicted molar refractivity (Wildman–Crippen MR) is 83.5 cm³/mol. The quantitative estimate of drug-likeness (QED) is 0.857. The average molecular weight is 340 g/mol. The number of benzene rings is 1. The number of hydrogen-bond acceptors (Lipinski definition) is 3. The van der Waals surface area contributed by atoms with Crippen LogP contribution in [-0.4, -0.2) is 19.1 Å². The number of rotatable bonds is 4. The maximum atomic E-state index is 11.8. The first-order chi connectivity index (χ1) is 9.50. The van der Waals surface area contributed by atoms with Gasteiger partial charge in [0.1, 0.15) is 0 Å². The Morgan fingerprint density at radius 2 is 2.25 bits per heavy atom. The lowest BCUT2D eigenvalue weighted by atomic mass is 9.65. The third-order valence-corrected chi connectivity index (χ3v) is 5.05. The van der Waals surface area contributed by atoms with Gasteiger partial charge < -0.3 is 10.5 Å². The summed E-state index contributed by atoms with van der Waals surface area (Å²) < 4.78 is 5.99. The zero-order chi connectivity index (χ0) is 14.8. The van der Waals surface area contributed by atoms with Crippen molar-refractivity contribution in [1.82, 2.24) is 0 Å². The zero-order valence-corrected chi connectivity index (χ0v) is 13.7. The Morgan fingerprint density at radius 3 is 2.90 bits per heavy atom. The third kappa shape index (κ3) is 3.07. The van der Waals surface area contributed by atoms with E-state index < -0.39 is 0 Å². The molecule has 1 aromatic rings. The van der Waals surface area contributed by atoms with Crippen molar-refractivity contribution in [3.8, 4) is 0 Å². The summed E-state index contributed by atoms with van der Waals surface area (Å²) in [6.07, 6.45) is 4.07. The molecule has 0 aliphatic heterocycles. The second kappa shape index (κ2) is 6.27. The van der Waals surface area contributed by atoms with Crippen LogP contribution < -0.4 is 5.73 Å². The van der Waals surface area contributed by atoms with Crippen molar-refractivity contribution in [3.05, 3.63) is 33.8 Å². The SMILES string of the molecule is CCC(N)C1(CC(=O)OC)CCc2cc(Br)ccc2C1. The van der Waals surface area contributed by atoms with E-state index in [1.165, 1.54) is 18.2 Å². The van der Waals surface area contributed by atoms with Crippen molar-refractivity contribution < 1.29 is 9.53 Å². The number of carbonyl (C=O) groups is 1. The minimum absolute atomic E-state index is 0.0263. The maximum absolute atomic E-state index is 11.8. The van der Waals surface area contributed by atoms with Gasteiger partial charge in [0.05, 0.1) is 13.5 Å². The molecular weight excluding hydrogens is 318 g/mol. The highest BCUT2D eigenvalue weighted by atomic mass is 79.9. The van der Waals surface area contributed by atoms with Crippen LogP contribution in [0.4, 0.5) is 0 Å².